The fourth-order valence-electron chi connectivity index (χ4n) is 2.63. The molecule has 0 radical (unpaired) electrons. The first-order valence-corrected chi connectivity index (χ1v) is 7.81. The number of hydrogen-bond donors (Lipinski definition) is 1. The number of hydrogen-bond acceptors (Lipinski definition) is 3. The van der Waals surface area contributed by atoms with Gasteiger partial charge in [-0.2, -0.15) is 0 Å². The molecule has 3 heteroatoms. The van der Waals surface area contributed by atoms with Gasteiger partial charge in [0.15, 0.2) is 0 Å². The van der Waals surface area contributed by atoms with Gasteiger partial charge in [0.1, 0.15) is 5.75 Å². The molecule has 0 aliphatic heterocycles. The van der Waals surface area contributed by atoms with Crippen LogP contribution in [0.4, 0.5) is 0 Å². The molecule has 3 nitrogen and oxygen atoms in total. The minimum atomic E-state index is 0.266. The standard InChI is InChI=1S/C17H27NO2/c1-4-12-20-15-10-8-13(9-11-15)16(18-3)17(19-5-2)14-6-7-14/h8-11,14,16-18H,4-7,12H2,1-3H3. The van der Waals surface area contributed by atoms with E-state index >= 15 is 0 Å². The van der Waals surface area contributed by atoms with E-state index in [1.54, 1.807) is 0 Å². The number of rotatable bonds is 9. The molecule has 1 saturated carbocycles. The average molecular weight is 277 g/mol. The summed E-state index contributed by atoms with van der Waals surface area (Å²) in [4.78, 5) is 0. The van der Waals surface area contributed by atoms with E-state index in [9.17, 15) is 0 Å². The monoisotopic (exact) mass is 277 g/mol. The van der Waals surface area contributed by atoms with Crippen LogP contribution in [0.1, 0.15) is 44.7 Å². The maximum Gasteiger partial charge on any atom is 0.119 e. The molecule has 0 spiro atoms. The lowest BCUT2D eigenvalue weighted by Crippen LogP contribution is -2.33. The number of ether oxygens (including phenoxy) is 2. The highest BCUT2D eigenvalue weighted by molar-refractivity contribution is 5.30. The second-order valence-electron chi connectivity index (χ2n) is 5.44. The van der Waals surface area contributed by atoms with Gasteiger partial charge >= 0.3 is 0 Å². The third-order valence-corrected chi connectivity index (χ3v) is 3.80. The SMILES string of the molecule is CCCOc1ccc(C(NC)C(OCC)C2CC2)cc1. The van der Waals surface area contributed by atoms with E-state index in [2.05, 4.69) is 43.4 Å². The lowest BCUT2D eigenvalue weighted by atomic mass is 9.98. The Morgan fingerprint density at radius 1 is 1.20 bits per heavy atom. The molecule has 1 fully saturated rings. The molecule has 1 N–H and O–H groups in total. The molecule has 20 heavy (non-hydrogen) atoms. The van der Waals surface area contributed by atoms with E-state index in [0.717, 1.165) is 25.4 Å². The zero-order valence-electron chi connectivity index (χ0n) is 12.9. The number of likely N-dealkylation sites (N-methyl/N-ethyl adjacent to an activating group) is 1. The molecular weight excluding hydrogens is 250 g/mol. The van der Waals surface area contributed by atoms with Crippen LogP contribution in [-0.2, 0) is 4.74 Å². The number of benzene rings is 1. The first-order chi connectivity index (χ1) is 9.80. The van der Waals surface area contributed by atoms with Gasteiger partial charge in [0, 0.05) is 6.61 Å². The predicted molar refractivity (Wildman–Crippen MR) is 82.2 cm³/mol. The van der Waals surface area contributed by atoms with Crippen LogP contribution in [0.15, 0.2) is 24.3 Å². The van der Waals surface area contributed by atoms with Gasteiger partial charge in [0.25, 0.3) is 0 Å². The van der Waals surface area contributed by atoms with Crippen LogP contribution < -0.4 is 10.1 Å². The van der Waals surface area contributed by atoms with Crippen LogP contribution in [0.5, 0.6) is 5.75 Å². The zero-order chi connectivity index (χ0) is 14.4. The summed E-state index contributed by atoms with van der Waals surface area (Å²) in [5.74, 6) is 1.66. The van der Waals surface area contributed by atoms with Gasteiger partial charge in [-0.3, -0.25) is 0 Å². The summed E-state index contributed by atoms with van der Waals surface area (Å²) in [7, 11) is 2.01. The van der Waals surface area contributed by atoms with E-state index in [-0.39, 0.29) is 12.1 Å². The van der Waals surface area contributed by atoms with Crippen LogP contribution in [0.3, 0.4) is 0 Å². The van der Waals surface area contributed by atoms with Gasteiger partial charge in [-0.15, -0.1) is 0 Å². The Labute approximate surface area is 122 Å². The Morgan fingerprint density at radius 3 is 2.40 bits per heavy atom. The van der Waals surface area contributed by atoms with E-state index in [4.69, 9.17) is 9.47 Å². The van der Waals surface area contributed by atoms with Crippen LogP contribution in [0.2, 0.25) is 0 Å². The third-order valence-electron chi connectivity index (χ3n) is 3.80. The van der Waals surface area contributed by atoms with Crippen molar-refractivity contribution in [3.05, 3.63) is 29.8 Å². The summed E-state index contributed by atoms with van der Waals surface area (Å²) < 4.78 is 11.6. The summed E-state index contributed by atoms with van der Waals surface area (Å²) >= 11 is 0. The van der Waals surface area contributed by atoms with Crippen LogP contribution in [0.25, 0.3) is 0 Å². The second kappa shape index (κ2) is 7.65. The molecule has 1 aliphatic rings. The summed E-state index contributed by atoms with van der Waals surface area (Å²) in [5.41, 5.74) is 1.28. The van der Waals surface area contributed by atoms with Crippen LogP contribution >= 0.6 is 0 Å². The first kappa shape index (κ1) is 15.3. The van der Waals surface area contributed by atoms with Crippen molar-refractivity contribution in [2.45, 2.75) is 45.3 Å². The van der Waals surface area contributed by atoms with E-state index in [1.165, 1.54) is 18.4 Å². The van der Waals surface area contributed by atoms with E-state index in [1.807, 2.05) is 7.05 Å². The largest absolute Gasteiger partial charge is 0.494 e. The van der Waals surface area contributed by atoms with Gasteiger partial charge in [-0.25, -0.2) is 0 Å². The van der Waals surface area contributed by atoms with Crippen LogP contribution in [0, 0.1) is 5.92 Å². The average Bonchev–Trinajstić information content (AvgIpc) is 3.31. The molecule has 112 valence electrons. The molecule has 1 aliphatic carbocycles. The van der Waals surface area contributed by atoms with E-state index < -0.39 is 0 Å². The summed E-state index contributed by atoms with van der Waals surface area (Å²) in [5, 5.41) is 3.42. The highest BCUT2D eigenvalue weighted by Crippen LogP contribution is 2.40. The highest BCUT2D eigenvalue weighted by atomic mass is 16.5. The van der Waals surface area contributed by atoms with Crippen molar-refractivity contribution in [3.63, 3.8) is 0 Å². The molecule has 1 aromatic carbocycles. The van der Waals surface area contributed by atoms with E-state index in [0.29, 0.717) is 5.92 Å². The first-order valence-electron chi connectivity index (χ1n) is 7.81. The third kappa shape index (κ3) is 3.97. The Balaban J connectivity index is 2.05. The molecule has 1 aromatic rings. The summed E-state index contributed by atoms with van der Waals surface area (Å²) in [6, 6.07) is 8.69. The molecular formula is C17H27NO2. The van der Waals surface area contributed by atoms with Crippen molar-refractivity contribution in [1.82, 2.24) is 5.32 Å². The summed E-state index contributed by atoms with van der Waals surface area (Å²) in [6.07, 6.45) is 3.91. The zero-order valence-corrected chi connectivity index (χ0v) is 12.9. The molecule has 2 rings (SSSR count). The summed E-state index contributed by atoms with van der Waals surface area (Å²) in [6.45, 7) is 5.74. The van der Waals surface area contributed by atoms with Gasteiger partial charge < -0.3 is 14.8 Å². The fourth-order valence-corrected chi connectivity index (χ4v) is 2.63. The Kier molecular flexibility index (Phi) is 5.86. The smallest absolute Gasteiger partial charge is 0.119 e. The predicted octanol–water partition coefficient (Wildman–Crippen LogP) is 3.55. The van der Waals surface area contributed by atoms with Crippen molar-refractivity contribution in [1.29, 1.82) is 0 Å². The molecule has 0 bridgehead atoms. The Bertz CT molecular complexity index is 386. The van der Waals surface area contributed by atoms with Gasteiger partial charge in [-0.05, 0) is 56.8 Å². The fraction of sp³-hybridized carbons (Fsp3) is 0.647. The second-order valence-corrected chi connectivity index (χ2v) is 5.44. The molecule has 0 amide bonds. The minimum absolute atomic E-state index is 0.266. The van der Waals surface area contributed by atoms with Crippen molar-refractivity contribution in [2.75, 3.05) is 20.3 Å². The molecule has 0 heterocycles. The van der Waals surface area contributed by atoms with Crippen LogP contribution in [-0.4, -0.2) is 26.4 Å². The topological polar surface area (TPSA) is 30.5 Å². The van der Waals surface area contributed by atoms with Gasteiger partial charge in [-0.1, -0.05) is 19.1 Å². The quantitative estimate of drug-likeness (QED) is 0.749. The lowest BCUT2D eigenvalue weighted by molar-refractivity contribution is 0.0204. The lowest BCUT2D eigenvalue weighted by Gasteiger charge is -2.27. The minimum Gasteiger partial charge on any atom is -0.494 e. The maximum atomic E-state index is 5.97. The van der Waals surface area contributed by atoms with Crippen molar-refractivity contribution >= 4 is 0 Å². The Hall–Kier alpha value is -1.06. The van der Waals surface area contributed by atoms with Gasteiger partial charge in [0.2, 0.25) is 0 Å². The normalized spacial score (nSPS) is 17.8. The van der Waals surface area contributed by atoms with Crippen molar-refractivity contribution in [2.24, 2.45) is 5.92 Å². The highest BCUT2D eigenvalue weighted by Gasteiger charge is 2.37. The maximum absolute atomic E-state index is 5.97. The molecule has 2 unspecified atom stereocenters. The molecule has 0 aromatic heterocycles. The van der Waals surface area contributed by atoms with Crippen molar-refractivity contribution < 1.29 is 9.47 Å². The molecule has 0 saturated heterocycles. The Morgan fingerprint density at radius 2 is 1.90 bits per heavy atom. The molecule has 2 atom stereocenters. The van der Waals surface area contributed by atoms with Crippen molar-refractivity contribution in [3.8, 4) is 5.75 Å². The van der Waals surface area contributed by atoms with Gasteiger partial charge in [0.05, 0.1) is 18.8 Å². The number of nitrogens with one attached hydrogen (secondary N) is 1.